The van der Waals surface area contributed by atoms with Gasteiger partial charge in [-0.1, -0.05) is 42.5 Å². The molecule has 20 heavy (non-hydrogen) atoms. The van der Waals surface area contributed by atoms with Gasteiger partial charge >= 0.3 is 5.97 Å². The maximum Gasteiger partial charge on any atom is 0.322 e. The summed E-state index contributed by atoms with van der Waals surface area (Å²) in [6, 6.07) is 16.3. The number of aryl methyl sites for hydroxylation is 1. The fourth-order valence-corrected chi connectivity index (χ4v) is 2.50. The molecule has 2 aromatic rings. The molecule has 0 aliphatic heterocycles. The highest BCUT2D eigenvalue weighted by Crippen LogP contribution is 2.26. The Morgan fingerprint density at radius 2 is 1.70 bits per heavy atom. The summed E-state index contributed by atoms with van der Waals surface area (Å²) in [6.07, 6.45) is 1.25. The first kappa shape index (κ1) is 12.6. The van der Waals surface area contributed by atoms with Crippen molar-refractivity contribution in [2.45, 2.75) is 12.8 Å². The van der Waals surface area contributed by atoms with Crippen LogP contribution in [0.25, 0.3) is 0 Å². The molecule has 0 saturated heterocycles. The molecule has 0 heterocycles. The Morgan fingerprint density at radius 3 is 2.50 bits per heavy atom. The number of ether oxygens (including phenoxy) is 1. The zero-order valence-electron chi connectivity index (χ0n) is 10.9. The molecule has 2 aromatic carbocycles. The van der Waals surface area contributed by atoms with Crippen LogP contribution < -0.4 is 4.74 Å². The van der Waals surface area contributed by atoms with Crippen LogP contribution in [0.1, 0.15) is 22.3 Å². The fourth-order valence-electron chi connectivity index (χ4n) is 2.50. The van der Waals surface area contributed by atoms with E-state index in [-0.39, 0.29) is 5.78 Å². The molecule has 100 valence electrons. The van der Waals surface area contributed by atoms with Gasteiger partial charge in [-0.15, -0.1) is 0 Å². The molecule has 0 aromatic heterocycles. The highest BCUT2D eigenvalue weighted by atomic mass is 16.5. The summed E-state index contributed by atoms with van der Waals surface area (Å²) < 4.78 is 5.28. The molecule has 1 atom stereocenters. The van der Waals surface area contributed by atoms with Crippen LogP contribution in [0.3, 0.4) is 0 Å². The SMILES string of the molecule is O=C(Oc1ccccc1)C1CCc2ccccc2C1=O. The summed E-state index contributed by atoms with van der Waals surface area (Å²) in [6.45, 7) is 0. The van der Waals surface area contributed by atoms with Crippen molar-refractivity contribution in [1.82, 2.24) is 0 Å². The van der Waals surface area contributed by atoms with E-state index in [1.54, 1.807) is 30.3 Å². The molecular weight excluding hydrogens is 252 g/mol. The van der Waals surface area contributed by atoms with Crippen molar-refractivity contribution in [2.24, 2.45) is 5.92 Å². The number of carbonyl (C=O) groups is 2. The summed E-state index contributed by atoms with van der Waals surface area (Å²) in [5, 5.41) is 0. The second-order valence-electron chi connectivity index (χ2n) is 4.85. The first-order chi connectivity index (χ1) is 9.75. The quantitative estimate of drug-likeness (QED) is 0.476. The van der Waals surface area contributed by atoms with Gasteiger partial charge in [-0.05, 0) is 30.5 Å². The van der Waals surface area contributed by atoms with E-state index in [4.69, 9.17) is 4.74 Å². The Kier molecular flexibility index (Phi) is 3.33. The van der Waals surface area contributed by atoms with E-state index < -0.39 is 11.9 Å². The van der Waals surface area contributed by atoms with Gasteiger partial charge in [0.25, 0.3) is 0 Å². The molecule has 0 bridgehead atoms. The van der Waals surface area contributed by atoms with E-state index >= 15 is 0 Å². The lowest BCUT2D eigenvalue weighted by atomic mass is 9.83. The Balaban J connectivity index is 1.79. The van der Waals surface area contributed by atoms with Gasteiger partial charge in [0.05, 0.1) is 0 Å². The van der Waals surface area contributed by atoms with Gasteiger partial charge in [0.15, 0.2) is 5.78 Å². The average Bonchev–Trinajstić information content (AvgIpc) is 2.49. The Morgan fingerprint density at radius 1 is 1.00 bits per heavy atom. The number of ketones is 1. The van der Waals surface area contributed by atoms with Crippen LogP contribution in [0.4, 0.5) is 0 Å². The second kappa shape index (κ2) is 5.29. The van der Waals surface area contributed by atoms with Crippen LogP contribution >= 0.6 is 0 Å². The number of carbonyl (C=O) groups excluding carboxylic acids is 2. The van der Waals surface area contributed by atoms with Crippen LogP contribution in [0, 0.1) is 5.92 Å². The molecule has 0 radical (unpaired) electrons. The van der Waals surface area contributed by atoms with Crippen molar-refractivity contribution in [1.29, 1.82) is 0 Å². The number of rotatable bonds is 2. The van der Waals surface area contributed by atoms with Crippen LogP contribution in [0.15, 0.2) is 54.6 Å². The lowest BCUT2D eigenvalue weighted by Gasteiger charge is -2.21. The normalized spacial score (nSPS) is 17.4. The minimum Gasteiger partial charge on any atom is -0.426 e. The number of esters is 1. The van der Waals surface area contributed by atoms with Gasteiger partial charge in [0.2, 0.25) is 0 Å². The van der Waals surface area contributed by atoms with Gasteiger partial charge in [-0.25, -0.2) is 0 Å². The number of Topliss-reactive ketones (excluding diaryl/α,β-unsaturated/α-hetero) is 1. The number of para-hydroxylation sites is 1. The van der Waals surface area contributed by atoms with Gasteiger partial charge < -0.3 is 4.74 Å². The lowest BCUT2D eigenvalue weighted by Crippen LogP contribution is -2.32. The number of fused-ring (bicyclic) bond motifs is 1. The number of benzene rings is 2. The lowest BCUT2D eigenvalue weighted by molar-refractivity contribution is -0.137. The molecule has 0 spiro atoms. The summed E-state index contributed by atoms with van der Waals surface area (Å²) in [5.74, 6) is -0.808. The van der Waals surface area contributed by atoms with Crippen LogP contribution in [-0.4, -0.2) is 11.8 Å². The third-order valence-corrected chi connectivity index (χ3v) is 3.55. The van der Waals surface area contributed by atoms with Crippen LogP contribution in [-0.2, 0) is 11.2 Å². The molecule has 1 unspecified atom stereocenters. The summed E-state index contributed by atoms with van der Waals surface area (Å²) in [5.41, 5.74) is 1.66. The molecule has 3 heteroatoms. The van der Waals surface area contributed by atoms with E-state index in [2.05, 4.69) is 0 Å². The molecule has 0 amide bonds. The number of hydrogen-bond donors (Lipinski definition) is 0. The standard InChI is InChI=1S/C17H14O3/c18-16-14-9-5-4-6-12(14)10-11-15(16)17(19)20-13-7-2-1-3-8-13/h1-9,15H,10-11H2. The molecular formula is C17H14O3. The Bertz CT molecular complexity index is 646. The largest absolute Gasteiger partial charge is 0.426 e. The third-order valence-electron chi connectivity index (χ3n) is 3.55. The van der Waals surface area contributed by atoms with E-state index in [1.165, 1.54) is 0 Å². The summed E-state index contributed by atoms with van der Waals surface area (Å²) in [4.78, 5) is 24.5. The van der Waals surface area contributed by atoms with Crippen molar-refractivity contribution in [3.05, 3.63) is 65.7 Å². The number of hydrogen-bond acceptors (Lipinski definition) is 3. The van der Waals surface area contributed by atoms with E-state index in [0.717, 1.165) is 12.0 Å². The molecule has 3 nitrogen and oxygen atoms in total. The molecule has 0 fully saturated rings. The molecule has 0 N–H and O–H groups in total. The predicted molar refractivity (Wildman–Crippen MR) is 74.7 cm³/mol. The van der Waals surface area contributed by atoms with E-state index in [9.17, 15) is 9.59 Å². The van der Waals surface area contributed by atoms with Crippen molar-refractivity contribution in [3.8, 4) is 5.75 Å². The zero-order chi connectivity index (χ0) is 13.9. The van der Waals surface area contributed by atoms with Gasteiger partial charge in [0, 0.05) is 5.56 Å². The maximum atomic E-state index is 12.3. The smallest absolute Gasteiger partial charge is 0.322 e. The molecule has 0 saturated carbocycles. The second-order valence-corrected chi connectivity index (χ2v) is 4.85. The van der Waals surface area contributed by atoms with Crippen molar-refractivity contribution < 1.29 is 14.3 Å². The van der Waals surface area contributed by atoms with Crippen molar-refractivity contribution >= 4 is 11.8 Å². The highest BCUT2D eigenvalue weighted by molar-refractivity contribution is 6.10. The average molecular weight is 266 g/mol. The monoisotopic (exact) mass is 266 g/mol. The van der Waals surface area contributed by atoms with Gasteiger partial charge in [0.1, 0.15) is 11.7 Å². The highest BCUT2D eigenvalue weighted by Gasteiger charge is 2.33. The summed E-state index contributed by atoms with van der Waals surface area (Å²) >= 11 is 0. The Hall–Kier alpha value is -2.42. The zero-order valence-corrected chi connectivity index (χ0v) is 10.9. The predicted octanol–water partition coefficient (Wildman–Crippen LogP) is 3.04. The van der Waals surface area contributed by atoms with Gasteiger partial charge in [-0.2, -0.15) is 0 Å². The van der Waals surface area contributed by atoms with Crippen molar-refractivity contribution in [2.75, 3.05) is 0 Å². The summed E-state index contributed by atoms with van der Waals surface area (Å²) in [7, 11) is 0. The first-order valence-corrected chi connectivity index (χ1v) is 6.64. The molecule has 1 aliphatic carbocycles. The van der Waals surface area contributed by atoms with E-state index in [1.807, 2.05) is 24.3 Å². The van der Waals surface area contributed by atoms with Crippen molar-refractivity contribution in [3.63, 3.8) is 0 Å². The van der Waals surface area contributed by atoms with Gasteiger partial charge in [-0.3, -0.25) is 9.59 Å². The first-order valence-electron chi connectivity index (χ1n) is 6.64. The topological polar surface area (TPSA) is 43.4 Å². The van der Waals surface area contributed by atoms with Crippen LogP contribution in [0.2, 0.25) is 0 Å². The fraction of sp³-hybridized carbons (Fsp3) is 0.176. The molecule has 3 rings (SSSR count). The van der Waals surface area contributed by atoms with E-state index in [0.29, 0.717) is 17.7 Å². The molecule has 1 aliphatic rings. The minimum absolute atomic E-state index is 0.132. The Labute approximate surface area is 117 Å². The third kappa shape index (κ3) is 2.35. The maximum absolute atomic E-state index is 12.3. The van der Waals surface area contributed by atoms with Crippen LogP contribution in [0.5, 0.6) is 5.75 Å². The minimum atomic E-state index is -0.690.